The third kappa shape index (κ3) is 6.54. The SMILES string of the molecule is COc1ccccc1N(CC(=O)Nc1ccc(S(=O)(=O)Nc2cccnc2)cc1)S(=O)(=O)c1ccc(C)cc1. The van der Waals surface area contributed by atoms with Gasteiger partial charge in [-0.2, -0.15) is 0 Å². The van der Waals surface area contributed by atoms with E-state index in [4.69, 9.17) is 4.74 Å². The molecule has 0 aliphatic rings. The summed E-state index contributed by atoms with van der Waals surface area (Å²) in [4.78, 5) is 16.9. The first-order valence-electron chi connectivity index (χ1n) is 11.7. The van der Waals surface area contributed by atoms with E-state index >= 15 is 0 Å². The average Bonchev–Trinajstić information content (AvgIpc) is 2.92. The Balaban J connectivity index is 1.56. The number of ether oxygens (including phenoxy) is 1. The van der Waals surface area contributed by atoms with Gasteiger partial charge in [0.05, 0.1) is 34.5 Å². The second-order valence-corrected chi connectivity index (χ2v) is 12.0. The molecule has 0 saturated heterocycles. The molecule has 4 aromatic rings. The lowest BCUT2D eigenvalue weighted by Crippen LogP contribution is -2.38. The number of aromatic nitrogens is 1. The Morgan fingerprint density at radius 3 is 2.15 bits per heavy atom. The second kappa shape index (κ2) is 11.5. The van der Waals surface area contributed by atoms with Gasteiger partial charge in [-0.25, -0.2) is 16.8 Å². The van der Waals surface area contributed by atoms with Crippen molar-refractivity contribution in [3.63, 3.8) is 0 Å². The molecule has 0 bridgehead atoms. The summed E-state index contributed by atoms with van der Waals surface area (Å²) in [5.74, 6) is -0.364. The van der Waals surface area contributed by atoms with E-state index in [0.29, 0.717) is 5.69 Å². The number of rotatable bonds is 10. The summed E-state index contributed by atoms with van der Waals surface area (Å²) in [6, 6.07) is 21.4. The molecular formula is C27H26N4O6S2. The van der Waals surface area contributed by atoms with Crippen molar-refractivity contribution in [1.29, 1.82) is 0 Å². The molecule has 3 aromatic carbocycles. The molecule has 0 spiro atoms. The first-order valence-corrected chi connectivity index (χ1v) is 14.6. The van der Waals surface area contributed by atoms with E-state index in [1.807, 2.05) is 6.92 Å². The van der Waals surface area contributed by atoms with Crippen LogP contribution in [0.2, 0.25) is 0 Å². The molecule has 10 nitrogen and oxygen atoms in total. The molecule has 0 radical (unpaired) electrons. The van der Waals surface area contributed by atoms with Crippen LogP contribution in [0.5, 0.6) is 5.75 Å². The minimum Gasteiger partial charge on any atom is -0.495 e. The Kier molecular flexibility index (Phi) is 8.17. The summed E-state index contributed by atoms with van der Waals surface area (Å²) in [7, 11) is -6.61. The van der Waals surface area contributed by atoms with Crippen LogP contribution in [0.3, 0.4) is 0 Å². The minimum atomic E-state index is -4.15. The van der Waals surface area contributed by atoms with Crippen LogP contribution in [0.4, 0.5) is 17.1 Å². The summed E-state index contributed by atoms with van der Waals surface area (Å²) in [5, 5.41) is 2.63. The number of nitrogens with one attached hydrogen (secondary N) is 2. The van der Waals surface area contributed by atoms with E-state index in [1.54, 1.807) is 48.5 Å². The summed E-state index contributed by atoms with van der Waals surface area (Å²) in [6.45, 7) is 1.28. The van der Waals surface area contributed by atoms with Gasteiger partial charge in [-0.1, -0.05) is 29.8 Å². The summed E-state index contributed by atoms with van der Waals surface area (Å²) < 4.78 is 61.3. The maximum absolute atomic E-state index is 13.6. The van der Waals surface area contributed by atoms with Gasteiger partial charge >= 0.3 is 0 Å². The predicted molar refractivity (Wildman–Crippen MR) is 149 cm³/mol. The summed E-state index contributed by atoms with van der Waals surface area (Å²) >= 11 is 0. The predicted octanol–water partition coefficient (Wildman–Crippen LogP) is 4.03. The zero-order valence-corrected chi connectivity index (χ0v) is 22.7. The molecule has 0 unspecified atom stereocenters. The van der Waals surface area contributed by atoms with Crippen LogP contribution >= 0.6 is 0 Å². The number of carbonyl (C=O) groups excluding carboxylic acids is 1. The van der Waals surface area contributed by atoms with Gasteiger partial charge < -0.3 is 10.1 Å². The van der Waals surface area contributed by atoms with Crippen molar-refractivity contribution >= 4 is 43.0 Å². The zero-order chi connectivity index (χ0) is 28.0. The Morgan fingerprint density at radius 2 is 1.51 bits per heavy atom. The van der Waals surface area contributed by atoms with E-state index in [1.165, 1.54) is 55.9 Å². The van der Waals surface area contributed by atoms with Crippen LogP contribution < -0.4 is 19.1 Å². The molecule has 0 atom stereocenters. The molecule has 1 heterocycles. The average molecular weight is 567 g/mol. The number of carbonyl (C=O) groups is 1. The maximum Gasteiger partial charge on any atom is 0.264 e. The number of pyridine rings is 1. The molecule has 0 aliphatic heterocycles. The fraction of sp³-hybridized carbons (Fsp3) is 0.111. The van der Waals surface area contributed by atoms with Crippen molar-refractivity contribution in [2.45, 2.75) is 16.7 Å². The number of hydrogen-bond acceptors (Lipinski definition) is 7. The lowest BCUT2D eigenvalue weighted by Gasteiger charge is -2.25. The number of aryl methyl sites for hydroxylation is 1. The number of methoxy groups -OCH3 is 1. The number of anilines is 3. The molecule has 0 saturated carbocycles. The molecule has 1 aromatic heterocycles. The zero-order valence-electron chi connectivity index (χ0n) is 21.1. The first kappa shape index (κ1) is 27.6. The number of hydrogen-bond donors (Lipinski definition) is 2. The molecule has 0 fully saturated rings. The largest absolute Gasteiger partial charge is 0.495 e. The molecule has 0 aliphatic carbocycles. The lowest BCUT2D eigenvalue weighted by molar-refractivity contribution is -0.114. The lowest BCUT2D eigenvalue weighted by atomic mass is 10.2. The van der Waals surface area contributed by atoms with Crippen molar-refractivity contribution in [2.75, 3.05) is 28.0 Å². The topological polar surface area (TPSA) is 135 Å². The first-order chi connectivity index (χ1) is 18.6. The van der Waals surface area contributed by atoms with Crippen LogP contribution in [0.25, 0.3) is 0 Å². The number of para-hydroxylation sites is 2. The van der Waals surface area contributed by atoms with Gasteiger partial charge in [0, 0.05) is 11.9 Å². The molecule has 4 rings (SSSR count). The monoisotopic (exact) mass is 566 g/mol. The smallest absolute Gasteiger partial charge is 0.264 e. The highest BCUT2D eigenvalue weighted by Gasteiger charge is 2.29. The van der Waals surface area contributed by atoms with Crippen molar-refractivity contribution in [3.8, 4) is 5.75 Å². The van der Waals surface area contributed by atoms with Gasteiger partial charge in [0.2, 0.25) is 5.91 Å². The summed E-state index contributed by atoms with van der Waals surface area (Å²) in [6.07, 6.45) is 2.90. The molecule has 1 amide bonds. The van der Waals surface area contributed by atoms with Gasteiger partial charge in [-0.15, -0.1) is 0 Å². The van der Waals surface area contributed by atoms with E-state index in [2.05, 4.69) is 15.0 Å². The molecule has 12 heteroatoms. The van der Waals surface area contributed by atoms with Crippen molar-refractivity contribution in [3.05, 3.63) is 103 Å². The van der Waals surface area contributed by atoms with Crippen LogP contribution in [0.1, 0.15) is 5.56 Å². The van der Waals surface area contributed by atoms with E-state index < -0.39 is 32.5 Å². The Bertz CT molecular complexity index is 1660. The normalized spacial score (nSPS) is 11.4. The third-order valence-electron chi connectivity index (χ3n) is 5.61. The summed E-state index contributed by atoms with van der Waals surface area (Å²) in [5.41, 5.74) is 1.67. The number of benzene rings is 3. The van der Waals surface area contributed by atoms with Gasteiger partial charge in [-0.05, 0) is 67.6 Å². The van der Waals surface area contributed by atoms with Crippen molar-refractivity contribution in [1.82, 2.24) is 4.98 Å². The fourth-order valence-corrected chi connectivity index (χ4v) is 6.13. The fourth-order valence-electron chi connectivity index (χ4n) is 3.66. The second-order valence-electron chi connectivity index (χ2n) is 8.42. The Labute approximate surface area is 227 Å². The number of sulfonamides is 2. The highest BCUT2D eigenvalue weighted by molar-refractivity contribution is 7.93. The van der Waals surface area contributed by atoms with Crippen LogP contribution in [0, 0.1) is 6.92 Å². The molecule has 202 valence electrons. The highest BCUT2D eigenvalue weighted by atomic mass is 32.2. The van der Waals surface area contributed by atoms with Crippen LogP contribution in [0.15, 0.2) is 107 Å². The van der Waals surface area contributed by atoms with E-state index in [-0.39, 0.29) is 26.9 Å². The maximum atomic E-state index is 13.6. The molecule has 2 N–H and O–H groups in total. The van der Waals surface area contributed by atoms with Crippen molar-refractivity contribution < 1.29 is 26.4 Å². The van der Waals surface area contributed by atoms with Crippen LogP contribution in [-0.2, 0) is 24.8 Å². The Hall–Kier alpha value is -4.42. The highest BCUT2D eigenvalue weighted by Crippen LogP contribution is 2.32. The van der Waals surface area contributed by atoms with Crippen LogP contribution in [-0.4, -0.2) is 41.4 Å². The van der Waals surface area contributed by atoms with E-state index in [0.717, 1.165) is 9.87 Å². The van der Waals surface area contributed by atoms with E-state index in [9.17, 15) is 21.6 Å². The standard InChI is InChI=1S/C27H26N4O6S2/c1-20-9-13-24(14-10-20)39(35,36)31(25-7-3-4-8-26(25)37-2)19-27(32)29-21-11-15-23(16-12-21)38(33,34)30-22-6-5-17-28-18-22/h3-18,30H,19H2,1-2H3,(H,29,32). The molecular weight excluding hydrogens is 540 g/mol. The quantitative estimate of drug-likeness (QED) is 0.296. The van der Waals surface area contributed by atoms with Gasteiger partial charge in [0.25, 0.3) is 20.0 Å². The third-order valence-corrected chi connectivity index (χ3v) is 8.78. The van der Waals surface area contributed by atoms with Gasteiger partial charge in [0.15, 0.2) is 0 Å². The Morgan fingerprint density at radius 1 is 0.846 bits per heavy atom. The minimum absolute atomic E-state index is 0.0162. The number of amides is 1. The van der Waals surface area contributed by atoms with Gasteiger partial charge in [0.1, 0.15) is 12.3 Å². The molecule has 39 heavy (non-hydrogen) atoms. The number of nitrogens with zero attached hydrogens (tertiary/aromatic N) is 2. The van der Waals surface area contributed by atoms with Gasteiger partial charge in [-0.3, -0.25) is 18.8 Å². The van der Waals surface area contributed by atoms with Crippen molar-refractivity contribution in [2.24, 2.45) is 0 Å².